The molecule has 3 atom stereocenters. The number of nitrogens with two attached hydrogens (primary N) is 1. The summed E-state index contributed by atoms with van der Waals surface area (Å²) in [5.74, 6) is -3.13. The summed E-state index contributed by atoms with van der Waals surface area (Å²) in [5, 5.41) is 17.0. The van der Waals surface area contributed by atoms with Crippen molar-refractivity contribution in [2.45, 2.75) is 226 Å². The van der Waals surface area contributed by atoms with Crippen molar-refractivity contribution in [3.05, 3.63) is 18.2 Å². The minimum Gasteiger partial charge on any atom is -0.480 e. The number of nitrogens with zero attached hydrogens (tertiary/aromatic N) is 1. The van der Waals surface area contributed by atoms with Crippen LogP contribution in [-0.2, 0) is 73.3 Å². The second-order valence-corrected chi connectivity index (χ2v) is 21.6. The van der Waals surface area contributed by atoms with Crippen molar-refractivity contribution < 1.29 is 72.0 Å². The Labute approximate surface area is 483 Å². The van der Waals surface area contributed by atoms with Crippen LogP contribution in [0.4, 0.5) is 0 Å². The highest BCUT2D eigenvalue weighted by molar-refractivity contribution is 5.95. The minimum absolute atomic E-state index is 0.0445. The quantitative estimate of drug-likeness (QED) is 0.0273. The number of carboxylic acids is 1. The minimum atomic E-state index is -1.08. The lowest BCUT2D eigenvalue weighted by Crippen LogP contribution is -2.40. The van der Waals surface area contributed by atoms with E-state index in [4.69, 9.17) is 29.8 Å². The number of Topliss-reactive ketones (excluding diaryl/α,β-unsaturated/α-hetero) is 5. The molecule has 81 heavy (non-hydrogen) atoms. The van der Waals surface area contributed by atoms with Crippen molar-refractivity contribution in [1.82, 2.24) is 25.9 Å². The molecule has 0 aliphatic rings. The van der Waals surface area contributed by atoms with Crippen LogP contribution in [0.25, 0.3) is 0 Å². The molecule has 1 rings (SSSR count). The third-order valence-electron chi connectivity index (χ3n) is 13.5. The fourth-order valence-electron chi connectivity index (χ4n) is 8.51. The number of hydrogen-bond donors (Lipinski definition) is 6. The number of carbonyl (C=O) groups is 10. The number of nitrogens with one attached hydrogen (secondary N) is 4. The van der Waals surface area contributed by atoms with Crippen molar-refractivity contribution in [3.63, 3.8) is 0 Å². The van der Waals surface area contributed by atoms with E-state index >= 15 is 0 Å². The maximum atomic E-state index is 13.3. The Hall–Kier alpha value is -5.09. The first-order chi connectivity index (χ1) is 38.8. The van der Waals surface area contributed by atoms with E-state index in [1.54, 1.807) is 20.0 Å². The lowest BCUT2D eigenvalue weighted by molar-refractivity contribution is -0.142. The number of amides is 3. The van der Waals surface area contributed by atoms with E-state index in [2.05, 4.69) is 32.8 Å². The first-order valence-electron chi connectivity index (χ1n) is 29.9. The van der Waals surface area contributed by atoms with Gasteiger partial charge in [-0.3, -0.25) is 28.8 Å². The summed E-state index contributed by atoms with van der Waals surface area (Å²) < 4.78 is 21.3. The molecule has 0 fully saturated rings. The third-order valence-corrected chi connectivity index (χ3v) is 13.5. The number of unbranched alkanes of at least 4 members (excludes halogenated alkanes) is 15. The van der Waals surface area contributed by atoms with Gasteiger partial charge in [-0.15, -0.1) is 0 Å². The summed E-state index contributed by atoms with van der Waals surface area (Å²) in [6, 6.07) is -1.75. The van der Waals surface area contributed by atoms with Crippen LogP contribution in [0, 0.1) is 11.3 Å². The van der Waals surface area contributed by atoms with E-state index in [1.165, 1.54) is 97.2 Å². The standard InChI is InChI=1S/C37H61N5O11.C23H43NO4/c1-27(43)8-7-14-50-16-18-52-25-36(49)41-13-15-51-17-19-53-24-35(48)40-12-6-5-9-29(32(45)11-10-28(2)44)20-34(47)37(3,4)22-33(46)31(38)21-30-23-39-26-42-30;1-2-3-4-5-6-7-8-9-10-11-12-13-14-15-16-19-22(26)24-21(23(27)28)18-17-20-25/h23,26,29,31H,5-22,24-25,38H2,1-4H3,(H,39,42)(H,40,48)(H,41,49);20-21H,2-19H2,1H3,(H,24,26)(H,27,28)/t29-,31+;21-/m10/s1. The average Bonchev–Trinajstić information content (AvgIpc) is 3.94. The van der Waals surface area contributed by atoms with Crippen LogP contribution in [0.1, 0.15) is 214 Å². The van der Waals surface area contributed by atoms with Crippen LogP contribution >= 0.6 is 0 Å². The van der Waals surface area contributed by atoms with Gasteiger partial charge in [0.2, 0.25) is 17.7 Å². The molecule has 3 amide bonds. The van der Waals surface area contributed by atoms with Crippen molar-refractivity contribution in [2.24, 2.45) is 17.1 Å². The predicted octanol–water partition coefficient (Wildman–Crippen LogP) is 7.41. The molecule has 21 heteroatoms. The molecule has 0 aliphatic carbocycles. The number of rotatable bonds is 55. The van der Waals surface area contributed by atoms with Gasteiger partial charge >= 0.3 is 5.97 Å². The summed E-state index contributed by atoms with van der Waals surface area (Å²) in [4.78, 5) is 125. The Morgan fingerprint density at radius 2 is 1.17 bits per heavy atom. The molecule has 0 saturated heterocycles. The van der Waals surface area contributed by atoms with Crippen LogP contribution in [0.2, 0.25) is 0 Å². The fourth-order valence-corrected chi connectivity index (χ4v) is 8.51. The van der Waals surface area contributed by atoms with Crippen molar-refractivity contribution >= 4 is 58.9 Å². The molecule has 0 radical (unpaired) electrons. The number of aromatic amines is 1. The van der Waals surface area contributed by atoms with E-state index in [-0.39, 0.29) is 131 Å². The monoisotopic (exact) mass is 1150 g/mol. The highest BCUT2D eigenvalue weighted by Crippen LogP contribution is 2.29. The number of hydrogen-bond acceptors (Lipinski definition) is 16. The summed E-state index contributed by atoms with van der Waals surface area (Å²) in [5.41, 5.74) is 5.78. The number of carbonyl (C=O) groups excluding carboxylic acids is 9. The first kappa shape index (κ1) is 75.9. The van der Waals surface area contributed by atoms with Crippen LogP contribution in [0.15, 0.2) is 12.5 Å². The number of H-pyrrole nitrogens is 1. The van der Waals surface area contributed by atoms with Crippen LogP contribution < -0.4 is 21.7 Å². The summed E-state index contributed by atoms with van der Waals surface area (Å²) in [7, 11) is 0. The van der Waals surface area contributed by atoms with Crippen molar-refractivity contribution in [1.29, 1.82) is 0 Å². The molecule has 0 unspecified atom stereocenters. The molecule has 0 saturated carbocycles. The Bertz CT molecular complexity index is 1900. The highest BCUT2D eigenvalue weighted by atomic mass is 16.5. The van der Waals surface area contributed by atoms with Gasteiger partial charge in [0.05, 0.1) is 45.4 Å². The Morgan fingerprint density at radius 1 is 0.630 bits per heavy atom. The Morgan fingerprint density at radius 3 is 1.70 bits per heavy atom. The number of aliphatic carboxylic acids is 1. The normalized spacial score (nSPS) is 12.3. The van der Waals surface area contributed by atoms with Crippen molar-refractivity contribution in [2.75, 3.05) is 65.9 Å². The van der Waals surface area contributed by atoms with E-state index in [0.717, 1.165) is 25.0 Å². The van der Waals surface area contributed by atoms with Gasteiger partial charge in [0.1, 0.15) is 48.7 Å². The highest BCUT2D eigenvalue weighted by Gasteiger charge is 2.35. The largest absolute Gasteiger partial charge is 0.480 e. The van der Waals surface area contributed by atoms with Gasteiger partial charge in [0, 0.05) is 94.3 Å². The predicted molar refractivity (Wildman–Crippen MR) is 309 cm³/mol. The van der Waals surface area contributed by atoms with Crippen LogP contribution in [0.5, 0.6) is 0 Å². The van der Waals surface area contributed by atoms with Gasteiger partial charge in [-0.25, -0.2) is 9.78 Å². The molecule has 0 aliphatic heterocycles. The van der Waals surface area contributed by atoms with E-state index < -0.39 is 29.4 Å². The summed E-state index contributed by atoms with van der Waals surface area (Å²) >= 11 is 0. The van der Waals surface area contributed by atoms with Crippen LogP contribution in [0.3, 0.4) is 0 Å². The zero-order chi connectivity index (χ0) is 60.4. The second-order valence-electron chi connectivity index (χ2n) is 21.6. The molecular weight excluding hydrogens is 1040 g/mol. The number of aromatic nitrogens is 2. The van der Waals surface area contributed by atoms with Gasteiger partial charge in [-0.05, 0) is 46.0 Å². The average molecular weight is 1150 g/mol. The lowest BCUT2D eigenvalue weighted by atomic mass is 9.76. The second kappa shape index (κ2) is 50.6. The van der Waals surface area contributed by atoms with E-state index in [1.807, 2.05) is 0 Å². The molecule has 1 aromatic rings. The van der Waals surface area contributed by atoms with E-state index in [9.17, 15) is 47.9 Å². The molecule has 7 N–H and O–H groups in total. The molecular formula is C60H104N6O15. The molecule has 464 valence electrons. The van der Waals surface area contributed by atoms with Gasteiger partial charge in [-0.1, -0.05) is 117 Å². The molecule has 0 bridgehead atoms. The molecule has 1 heterocycles. The van der Waals surface area contributed by atoms with Gasteiger partial charge in [-0.2, -0.15) is 0 Å². The molecule has 1 aromatic heterocycles. The van der Waals surface area contributed by atoms with Gasteiger partial charge in [0.15, 0.2) is 5.78 Å². The number of carboxylic acid groups (broad SMARTS) is 1. The maximum absolute atomic E-state index is 13.3. The number of imidazole rings is 1. The SMILES string of the molecule is CC(=O)CCCOCCOCC(=O)NCCOCCOCC(=O)NCCCC[C@H](CC(=O)C(C)(C)CC(=O)[C@@H](N)Cc1cnc[nH]1)C(=O)CCC(C)=O.CCCCCCCCCCCCCCCCCC(=O)N[C@@H](CCC=O)C(=O)O. The van der Waals surface area contributed by atoms with Gasteiger partial charge < -0.3 is 65.1 Å². The maximum Gasteiger partial charge on any atom is 0.326 e. The molecule has 21 nitrogen and oxygen atoms in total. The topological polar surface area (TPSA) is 319 Å². The molecule has 0 spiro atoms. The zero-order valence-corrected chi connectivity index (χ0v) is 50.0. The zero-order valence-electron chi connectivity index (χ0n) is 50.0. The van der Waals surface area contributed by atoms with E-state index in [0.29, 0.717) is 71.1 Å². The first-order valence-corrected chi connectivity index (χ1v) is 29.9. The number of ketones is 5. The third kappa shape index (κ3) is 46.1. The number of ether oxygens (including phenoxy) is 4. The van der Waals surface area contributed by atoms with Crippen LogP contribution in [-0.4, -0.2) is 152 Å². The Kier molecular flexibility index (Phi) is 47.4. The summed E-state index contributed by atoms with van der Waals surface area (Å²) in [6.07, 6.45) is 26.6. The van der Waals surface area contributed by atoms with Gasteiger partial charge in [0.25, 0.3) is 0 Å². The molecule has 0 aromatic carbocycles. The summed E-state index contributed by atoms with van der Waals surface area (Å²) in [6.45, 7) is 10.7. The Balaban J connectivity index is 0.00000192. The smallest absolute Gasteiger partial charge is 0.326 e. The lowest BCUT2D eigenvalue weighted by Gasteiger charge is -2.26. The number of aldehydes is 1. The van der Waals surface area contributed by atoms with Crippen molar-refractivity contribution in [3.8, 4) is 0 Å². The fraction of sp³-hybridized carbons (Fsp3) is 0.783.